The van der Waals surface area contributed by atoms with Crippen LogP contribution in [-0.2, 0) is 11.3 Å². The molecule has 32 heavy (non-hydrogen) atoms. The van der Waals surface area contributed by atoms with Gasteiger partial charge < -0.3 is 5.32 Å². The highest BCUT2D eigenvalue weighted by atomic mass is 32.2. The molecule has 2 aromatic heterocycles. The maximum absolute atomic E-state index is 13.2. The summed E-state index contributed by atoms with van der Waals surface area (Å²) in [7, 11) is 0. The van der Waals surface area contributed by atoms with Crippen LogP contribution in [0, 0.1) is 5.82 Å². The molecule has 1 N–H and O–H groups in total. The van der Waals surface area contributed by atoms with Crippen LogP contribution in [0.5, 0.6) is 0 Å². The minimum atomic E-state index is -0.525. The number of amides is 1. The van der Waals surface area contributed by atoms with E-state index in [0.717, 1.165) is 5.56 Å². The molecular weight excluding hydrogens is 429 g/mol. The van der Waals surface area contributed by atoms with E-state index < -0.39 is 5.25 Å². The number of carbonyl (C=O) groups is 1. The Bertz CT molecular complexity index is 1300. The second-order valence-corrected chi connectivity index (χ2v) is 8.18. The average Bonchev–Trinajstić information content (AvgIpc) is 2.82. The van der Waals surface area contributed by atoms with Crippen LogP contribution in [-0.4, -0.2) is 30.7 Å². The summed E-state index contributed by atoms with van der Waals surface area (Å²) in [5.41, 5.74) is 1.51. The molecule has 2 heterocycles. The number of nitrogens with zero attached hydrogens (tertiary/aromatic N) is 4. The molecular formula is C23H20FN5O2S. The van der Waals surface area contributed by atoms with Crippen LogP contribution in [0.3, 0.4) is 0 Å². The maximum atomic E-state index is 13.2. The zero-order valence-corrected chi connectivity index (χ0v) is 18.1. The lowest BCUT2D eigenvalue weighted by Gasteiger charge is -2.17. The third-order valence-corrected chi connectivity index (χ3v) is 6.12. The number of halogens is 1. The third kappa shape index (κ3) is 4.83. The number of hydrogen-bond acceptors (Lipinski definition) is 6. The molecule has 4 rings (SSSR count). The number of anilines is 1. The summed E-state index contributed by atoms with van der Waals surface area (Å²) in [4.78, 5) is 38.9. The fraction of sp³-hybridized carbons (Fsp3) is 0.174. The van der Waals surface area contributed by atoms with E-state index in [9.17, 15) is 14.0 Å². The van der Waals surface area contributed by atoms with Crippen molar-refractivity contribution in [1.82, 2.24) is 19.5 Å². The number of nitrogens with one attached hydrogen (secondary N) is 1. The average molecular weight is 450 g/mol. The summed E-state index contributed by atoms with van der Waals surface area (Å²) in [5, 5.41) is 2.65. The Balaban J connectivity index is 1.68. The second kappa shape index (κ2) is 9.69. The molecule has 2 aromatic carbocycles. The lowest BCUT2D eigenvalue weighted by molar-refractivity contribution is -0.115. The van der Waals surface area contributed by atoms with Crippen molar-refractivity contribution in [2.24, 2.45) is 0 Å². The van der Waals surface area contributed by atoms with E-state index in [1.807, 2.05) is 37.3 Å². The Morgan fingerprint density at radius 3 is 2.53 bits per heavy atom. The minimum absolute atomic E-state index is 0.177. The molecule has 0 spiro atoms. The van der Waals surface area contributed by atoms with E-state index >= 15 is 0 Å². The van der Waals surface area contributed by atoms with Crippen LogP contribution in [0.4, 0.5) is 10.1 Å². The largest absolute Gasteiger partial charge is 0.325 e. The highest BCUT2D eigenvalue weighted by Gasteiger charge is 2.23. The Morgan fingerprint density at radius 1 is 1.09 bits per heavy atom. The fourth-order valence-corrected chi connectivity index (χ4v) is 4.13. The second-order valence-electron chi connectivity index (χ2n) is 7.01. The fourth-order valence-electron chi connectivity index (χ4n) is 3.13. The van der Waals surface area contributed by atoms with Gasteiger partial charge in [-0.3, -0.25) is 14.2 Å². The van der Waals surface area contributed by atoms with Gasteiger partial charge in [0.25, 0.3) is 5.56 Å². The Kier molecular flexibility index (Phi) is 6.55. The predicted molar refractivity (Wildman–Crippen MR) is 122 cm³/mol. The summed E-state index contributed by atoms with van der Waals surface area (Å²) < 4.78 is 14.7. The number of hydrogen-bond donors (Lipinski definition) is 1. The summed E-state index contributed by atoms with van der Waals surface area (Å²) >= 11 is 1.19. The molecule has 4 aromatic rings. The van der Waals surface area contributed by atoms with Gasteiger partial charge in [0.15, 0.2) is 16.3 Å². The van der Waals surface area contributed by atoms with Crippen molar-refractivity contribution in [2.45, 2.75) is 30.3 Å². The summed E-state index contributed by atoms with van der Waals surface area (Å²) in [5.74, 6) is -0.639. The number of aromatic nitrogens is 4. The van der Waals surface area contributed by atoms with Crippen LogP contribution in [0.15, 0.2) is 76.9 Å². The van der Waals surface area contributed by atoms with Crippen molar-refractivity contribution in [2.75, 3.05) is 5.32 Å². The van der Waals surface area contributed by atoms with E-state index in [4.69, 9.17) is 0 Å². The van der Waals surface area contributed by atoms with Gasteiger partial charge in [-0.15, -0.1) is 0 Å². The number of benzene rings is 2. The topological polar surface area (TPSA) is 89.8 Å². The molecule has 162 valence electrons. The van der Waals surface area contributed by atoms with Gasteiger partial charge in [0, 0.05) is 18.1 Å². The summed E-state index contributed by atoms with van der Waals surface area (Å²) in [6.45, 7) is 2.17. The van der Waals surface area contributed by atoms with Gasteiger partial charge >= 0.3 is 0 Å². The Morgan fingerprint density at radius 2 is 1.81 bits per heavy atom. The van der Waals surface area contributed by atoms with Crippen molar-refractivity contribution < 1.29 is 9.18 Å². The molecule has 1 amide bonds. The van der Waals surface area contributed by atoms with E-state index in [1.165, 1.54) is 53.0 Å². The highest BCUT2D eigenvalue weighted by Crippen LogP contribution is 2.26. The van der Waals surface area contributed by atoms with Gasteiger partial charge in [0.1, 0.15) is 5.82 Å². The van der Waals surface area contributed by atoms with Gasteiger partial charge in [0.05, 0.1) is 11.8 Å². The quantitative estimate of drug-likeness (QED) is 0.340. The molecule has 0 saturated carbocycles. The van der Waals surface area contributed by atoms with Crippen LogP contribution < -0.4 is 10.9 Å². The van der Waals surface area contributed by atoms with Crippen molar-refractivity contribution in [1.29, 1.82) is 0 Å². The molecule has 1 atom stereocenters. The molecule has 9 heteroatoms. The maximum Gasteiger partial charge on any atom is 0.282 e. The summed E-state index contributed by atoms with van der Waals surface area (Å²) in [6.07, 6.45) is 3.43. The first kappa shape index (κ1) is 21.6. The normalized spacial score (nSPS) is 11.9. The molecule has 0 aliphatic heterocycles. The molecule has 0 unspecified atom stereocenters. The van der Waals surface area contributed by atoms with Gasteiger partial charge in [-0.2, -0.15) is 0 Å². The first-order valence-corrected chi connectivity index (χ1v) is 10.9. The molecule has 0 radical (unpaired) electrons. The van der Waals surface area contributed by atoms with E-state index in [0.29, 0.717) is 17.3 Å². The lowest BCUT2D eigenvalue weighted by Crippen LogP contribution is -2.29. The standard InChI is InChI=1S/C23H20FN5O2S/c1-2-18(21(30)27-17-10-8-16(24)9-11-17)32-23-28-20-19(25-12-13-26-20)22(31)29(23)14-15-6-4-3-5-7-15/h3-13,18H,2,14H2,1H3,(H,27,30)/t18-/m1/s1. The van der Waals surface area contributed by atoms with Crippen LogP contribution >= 0.6 is 11.8 Å². The molecule has 0 aliphatic rings. The molecule has 0 aliphatic carbocycles. The van der Waals surface area contributed by atoms with Gasteiger partial charge in [-0.05, 0) is 36.2 Å². The first-order valence-electron chi connectivity index (χ1n) is 10.0. The minimum Gasteiger partial charge on any atom is -0.325 e. The first-order chi connectivity index (χ1) is 15.5. The number of carbonyl (C=O) groups excluding carboxylic acids is 1. The van der Waals surface area contributed by atoms with Crippen LogP contribution in [0.1, 0.15) is 18.9 Å². The van der Waals surface area contributed by atoms with E-state index in [-0.39, 0.29) is 35.0 Å². The Labute approximate surface area is 187 Å². The zero-order chi connectivity index (χ0) is 22.5. The van der Waals surface area contributed by atoms with Gasteiger partial charge in [0.2, 0.25) is 5.91 Å². The van der Waals surface area contributed by atoms with Gasteiger partial charge in [-0.1, -0.05) is 49.0 Å². The van der Waals surface area contributed by atoms with E-state index in [2.05, 4.69) is 20.3 Å². The van der Waals surface area contributed by atoms with Crippen molar-refractivity contribution in [3.63, 3.8) is 0 Å². The van der Waals surface area contributed by atoms with Crippen LogP contribution in [0.2, 0.25) is 0 Å². The van der Waals surface area contributed by atoms with Crippen molar-refractivity contribution >= 4 is 34.5 Å². The van der Waals surface area contributed by atoms with Crippen molar-refractivity contribution in [3.05, 3.63) is 88.7 Å². The highest BCUT2D eigenvalue weighted by molar-refractivity contribution is 8.00. The number of rotatable bonds is 7. The smallest absolute Gasteiger partial charge is 0.282 e. The third-order valence-electron chi connectivity index (χ3n) is 4.77. The monoisotopic (exact) mass is 449 g/mol. The van der Waals surface area contributed by atoms with Crippen molar-refractivity contribution in [3.8, 4) is 0 Å². The molecule has 0 bridgehead atoms. The number of fused-ring (bicyclic) bond motifs is 1. The number of thioether (sulfide) groups is 1. The SMILES string of the molecule is CC[C@@H](Sc1nc2nccnc2c(=O)n1Cc1ccccc1)C(=O)Nc1ccc(F)cc1. The zero-order valence-electron chi connectivity index (χ0n) is 17.2. The lowest BCUT2D eigenvalue weighted by atomic mass is 10.2. The Hall–Kier alpha value is -3.59. The molecule has 0 fully saturated rings. The molecule has 0 saturated heterocycles. The van der Waals surface area contributed by atoms with E-state index in [1.54, 1.807) is 0 Å². The van der Waals surface area contributed by atoms with Crippen LogP contribution in [0.25, 0.3) is 11.2 Å². The van der Waals surface area contributed by atoms with Gasteiger partial charge in [-0.25, -0.2) is 19.3 Å². The summed E-state index contributed by atoms with van der Waals surface area (Å²) in [6, 6.07) is 15.1. The molecule has 7 nitrogen and oxygen atoms in total. The predicted octanol–water partition coefficient (Wildman–Crippen LogP) is 3.88.